The van der Waals surface area contributed by atoms with Crippen molar-refractivity contribution in [2.24, 2.45) is 0 Å². The minimum absolute atomic E-state index is 0.0106. The van der Waals surface area contributed by atoms with Gasteiger partial charge < -0.3 is 19.9 Å². The van der Waals surface area contributed by atoms with Crippen molar-refractivity contribution < 1.29 is 14.6 Å². The van der Waals surface area contributed by atoms with Gasteiger partial charge in [0.2, 0.25) is 0 Å². The fraction of sp³-hybridized carbons (Fsp3) is 0.444. The molecule has 0 radical (unpaired) electrons. The van der Waals surface area contributed by atoms with Gasteiger partial charge in [-0.1, -0.05) is 26.8 Å². The van der Waals surface area contributed by atoms with Crippen LogP contribution in [0.5, 0.6) is 11.5 Å². The zero-order valence-electron chi connectivity index (χ0n) is 14.7. The van der Waals surface area contributed by atoms with E-state index in [0.29, 0.717) is 18.0 Å². The maximum absolute atomic E-state index is 8.84. The lowest BCUT2D eigenvalue weighted by Crippen LogP contribution is -2.14. The van der Waals surface area contributed by atoms with Crippen LogP contribution in [0.2, 0.25) is 0 Å². The molecule has 0 saturated heterocycles. The number of anilines is 1. The lowest BCUT2D eigenvalue weighted by molar-refractivity contribution is 0.196. The molecule has 0 aliphatic heterocycles. The minimum atomic E-state index is -0.0321. The van der Waals surface area contributed by atoms with E-state index >= 15 is 0 Å². The van der Waals surface area contributed by atoms with Crippen LogP contribution in [-0.2, 0) is 12.0 Å². The van der Waals surface area contributed by atoms with Crippen molar-refractivity contribution in [2.75, 3.05) is 25.6 Å². The number of nitrogens with one attached hydrogen (secondary N) is 1. The Morgan fingerprint density at radius 3 is 2.46 bits per heavy atom. The van der Waals surface area contributed by atoms with Crippen molar-refractivity contribution in [3.63, 3.8) is 0 Å². The normalized spacial score (nSPS) is 11.2. The fourth-order valence-electron chi connectivity index (χ4n) is 2.12. The Morgan fingerprint density at radius 2 is 1.88 bits per heavy atom. The number of nitrogens with zero attached hydrogens (tertiary/aromatic N) is 2. The molecule has 1 aromatic heterocycles. The van der Waals surface area contributed by atoms with E-state index in [2.05, 4.69) is 36.3 Å². The highest BCUT2D eigenvalue weighted by atomic mass is 16.5. The standard InChI is InChI=1S/C18H25N3O3/c1-18(2,3)16-7-8-17(21-20-16)19-12-13-5-6-14(24-10-9-22)15(11-13)23-4/h5-8,11,22H,9-10,12H2,1-4H3,(H,19,21). The van der Waals surface area contributed by atoms with Gasteiger partial charge >= 0.3 is 0 Å². The summed E-state index contributed by atoms with van der Waals surface area (Å²) in [6, 6.07) is 9.60. The van der Waals surface area contributed by atoms with Gasteiger partial charge in [-0.05, 0) is 29.8 Å². The molecule has 1 heterocycles. The first-order chi connectivity index (χ1) is 11.4. The van der Waals surface area contributed by atoms with Gasteiger partial charge in [-0.2, -0.15) is 5.10 Å². The molecular weight excluding hydrogens is 306 g/mol. The Balaban J connectivity index is 2.01. The maximum atomic E-state index is 8.84. The highest BCUT2D eigenvalue weighted by Crippen LogP contribution is 2.28. The molecule has 24 heavy (non-hydrogen) atoms. The van der Waals surface area contributed by atoms with Crippen LogP contribution in [0.4, 0.5) is 5.82 Å². The summed E-state index contributed by atoms with van der Waals surface area (Å²) in [5, 5.41) is 20.6. The molecule has 0 bridgehead atoms. The van der Waals surface area contributed by atoms with Crippen molar-refractivity contribution in [1.29, 1.82) is 0 Å². The first-order valence-corrected chi connectivity index (χ1v) is 7.92. The number of hydrogen-bond acceptors (Lipinski definition) is 6. The molecule has 2 rings (SSSR count). The molecule has 0 amide bonds. The number of aliphatic hydroxyl groups is 1. The summed E-state index contributed by atoms with van der Waals surface area (Å²) >= 11 is 0. The van der Waals surface area contributed by atoms with Gasteiger partial charge in [0.05, 0.1) is 19.4 Å². The monoisotopic (exact) mass is 331 g/mol. The molecule has 2 aromatic rings. The molecule has 0 aliphatic carbocycles. The number of aromatic nitrogens is 2. The van der Waals surface area contributed by atoms with Gasteiger partial charge in [0.15, 0.2) is 11.5 Å². The third-order valence-corrected chi connectivity index (χ3v) is 3.48. The second-order valence-corrected chi connectivity index (χ2v) is 6.46. The summed E-state index contributed by atoms with van der Waals surface area (Å²) in [5.41, 5.74) is 1.98. The van der Waals surface area contributed by atoms with Crippen LogP contribution in [0.3, 0.4) is 0 Å². The number of hydrogen-bond donors (Lipinski definition) is 2. The van der Waals surface area contributed by atoms with Crippen molar-refractivity contribution in [1.82, 2.24) is 10.2 Å². The average Bonchev–Trinajstić information content (AvgIpc) is 2.58. The van der Waals surface area contributed by atoms with E-state index in [1.54, 1.807) is 7.11 Å². The van der Waals surface area contributed by atoms with Gasteiger partial charge in [-0.15, -0.1) is 5.10 Å². The van der Waals surface area contributed by atoms with Crippen molar-refractivity contribution in [2.45, 2.75) is 32.7 Å². The van der Waals surface area contributed by atoms with Crippen LogP contribution in [0.15, 0.2) is 30.3 Å². The van der Waals surface area contributed by atoms with Crippen LogP contribution in [0.25, 0.3) is 0 Å². The van der Waals surface area contributed by atoms with Crippen LogP contribution in [0.1, 0.15) is 32.0 Å². The summed E-state index contributed by atoms with van der Waals surface area (Å²) < 4.78 is 10.7. The zero-order chi connectivity index (χ0) is 17.6. The van der Waals surface area contributed by atoms with Gasteiger partial charge in [-0.25, -0.2) is 0 Å². The third kappa shape index (κ3) is 4.83. The van der Waals surface area contributed by atoms with E-state index in [1.807, 2.05) is 30.3 Å². The second-order valence-electron chi connectivity index (χ2n) is 6.46. The third-order valence-electron chi connectivity index (χ3n) is 3.48. The molecule has 2 N–H and O–H groups in total. The molecule has 0 fully saturated rings. The Kier molecular flexibility index (Phi) is 5.98. The largest absolute Gasteiger partial charge is 0.493 e. The van der Waals surface area contributed by atoms with Crippen molar-refractivity contribution >= 4 is 5.82 Å². The molecule has 0 spiro atoms. The summed E-state index contributed by atoms with van der Waals surface area (Å²) in [5.74, 6) is 1.98. The molecule has 130 valence electrons. The van der Waals surface area contributed by atoms with Crippen LogP contribution < -0.4 is 14.8 Å². The fourth-order valence-corrected chi connectivity index (χ4v) is 2.12. The summed E-state index contributed by atoms with van der Waals surface area (Å²) in [4.78, 5) is 0. The summed E-state index contributed by atoms with van der Waals surface area (Å²) in [6.07, 6.45) is 0. The highest BCUT2D eigenvalue weighted by Gasteiger charge is 2.15. The van der Waals surface area contributed by atoms with E-state index in [9.17, 15) is 0 Å². The minimum Gasteiger partial charge on any atom is -0.493 e. The number of aliphatic hydroxyl groups excluding tert-OH is 1. The summed E-state index contributed by atoms with van der Waals surface area (Å²) in [7, 11) is 1.59. The Bertz CT molecular complexity index is 652. The van der Waals surface area contributed by atoms with Crippen molar-refractivity contribution in [3.05, 3.63) is 41.6 Å². The smallest absolute Gasteiger partial charge is 0.161 e. The van der Waals surface area contributed by atoms with E-state index in [4.69, 9.17) is 14.6 Å². The molecule has 6 nitrogen and oxygen atoms in total. The Hall–Kier alpha value is -2.34. The van der Waals surface area contributed by atoms with E-state index in [1.165, 1.54) is 0 Å². The Labute approximate surface area is 142 Å². The zero-order valence-corrected chi connectivity index (χ0v) is 14.7. The highest BCUT2D eigenvalue weighted by molar-refractivity contribution is 5.44. The Morgan fingerprint density at radius 1 is 1.08 bits per heavy atom. The van der Waals surface area contributed by atoms with Crippen LogP contribution in [0, 0.1) is 0 Å². The molecule has 0 aliphatic rings. The molecule has 0 unspecified atom stereocenters. The lowest BCUT2D eigenvalue weighted by atomic mass is 9.92. The summed E-state index contributed by atoms with van der Waals surface area (Å²) in [6.45, 7) is 7.13. The molecule has 6 heteroatoms. The first-order valence-electron chi connectivity index (χ1n) is 7.92. The van der Waals surface area contributed by atoms with Gasteiger partial charge in [0.1, 0.15) is 12.4 Å². The van der Waals surface area contributed by atoms with Crippen molar-refractivity contribution in [3.8, 4) is 11.5 Å². The van der Waals surface area contributed by atoms with Gasteiger partial charge in [-0.3, -0.25) is 0 Å². The van der Waals surface area contributed by atoms with E-state index in [-0.39, 0.29) is 18.6 Å². The van der Waals surface area contributed by atoms with Crippen LogP contribution in [-0.4, -0.2) is 35.6 Å². The van der Waals surface area contributed by atoms with E-state index in [0.717, 1.165) is 17.1 Å². The predicted molar refractivity (Wildman–Crippen MR) is 93.6 cm³/mol. The van der Waals surface area contributed by atoms with Crippen LogP contribution >= 0.6 is 0 Å². The average molecular weight is 331 g/mol. The maximum Gasteiger partial charge on any atom is 0.161 e. The number of ether oxygens (including phenoxy) is 2. The first kappa shape index (κ1) is 18.0. The number of methoxy groups -OCH3 is 1. The molecule has 0 atom stereocenters. The lowest BCUT2D eigenvalue weighted by Gasteiger charge is -2.17. The molecule has 1 aromatic carbocycles. The van der Waals surface area contributed by atoms with E-state index < -0.39 is 0 Å². The predicted octanol–water partition coefficient (Wildman–Crippen LogP) is 2.77. The molecular formula is C18H25N3O3. The number of rotatable bonds is 7. The topological polar surface area (TPSA) is 76.5 Å². The van der Waals surface area contributed by atoms with Gasteiger partial charge in [0, 0.05) is 12.0 Å². The molecule has 0 saturated carbocycles. The SMILES string of the molecule is COc1cc(CNc2ccc(C(C)(C)C)nn2)ccc1OCCO. The number of benzene rings is 1. The quantitative estimate of drug-likeness (QED) is 0.812. The van der Waals surface area contributed by atoms with Gasteiger partial charge in [0.25, 0.3) is 0 Å². The second kappa shape index (κ2) is 7.97.